The third-order valence-corrected chi connectivity index (χ3v) is 3.25. The van der Waals surface area contributed by atoms with E-state index in [9.17, 15) is 9.18 Å². The maximum absolute atomic E-state index is 13.1. The van der Waals surface area contributed by atoms with Crippen LogP contribution in [-0.2, 0) is 6.42 Å². The van der Waals surface area contributed by atoms with Crippen molar-refractivity contribution in [1.29, 1.82) is 0 Å². The molecule has 1 aromatic heterocycles. The van der Waals surface area contributed by atoms with Crippen LogP contribution in [-0.4, -0.2) is 17.7 Å². The predicted molar refractivity (Wildman–Crippen MR) is 66.9 cm³/mol. The highest BCUT2D eigenvalue weighted by Gasteiger charge is 2.07. The van der Waals surface area contributed by atoms with Gasteiger partial charge in [0, 0.05) is 17.4 Å². The second-order valence-corrected chi connectivity index (χ2v) is 4.69. The summed E-state index contributed by atoms with van der Waals surface area (Å²) in [6, 6.07) is 7.40. The van der Waals surface area contributed by atoms with Crippen LogP contribution in [0.3, 0.4) is 0 Å². The topological polar surface area (TPSA) is 46.5 Å². The monoisotopic (exact) mass is 266 g/mol. The van der Waals surface area contributed by atoms with E-state index in [0.717, 1.165) is 12.5 Å². The molecule has 0 radical (unpaired) electrons. The normalized spacial score (nSPS) is 10.3. The molecule has 18 heavy (non-hydrogen) atoms. The fourth-order valence-corrected chi connectivity index (χ4v) is 2.18. The Balaban J connectivity index is 1.98. The van der Waals surface area contributed by atoms with Crippen molar-refractivity contribution in [3.8, 4) is 5.75 Å². The Morgan fingerprint density at radius 2 is 2.22 bits per heavy atom. The van der Waals surface area contributed by atoms with Crippen LogP contribution in [0.1, 0.15) is 15.2 Å². The lowest BCUT2D eigenvalue weighted by molar-refractivity contribution is 0.0695. The van der Waals surface area contributed by atoms with Gasteiger partial charge in [-0.3, -0.25) is 0 Å². The summed E-state index contributed by atoms with van der Waals surface area (Å²) in [5.74, 6) is -1.54. The van der Waals surface area contributed by atoms with Gasteiger partial charge in [-0.05, 0) is 23.6 Å². The van der Waals surface area contributed by atoms with Crippen LogP contribution in [0, 0.1) is 5.82 Å². The summed E-state index contributed by atoms with van der Waals surface area (Å²) in [6.07, 6.45) is 0.719. The van der Waals surface area contributed by atoms with E-state index in [1.54, 1.807) is 11.3 Å². The average molecular weight is 266 g/mol. The highest BCUT2D eigenvalue weighted by molar-refractivity contribution is 7.09. The van der Waals surface area contributed by atoms with Crippen LogP contribution in [0.25, 0.3) is 0 Å². The molecule has 0 fully saturated rings. The smallest absolute Gasteiger partial charge is 0.335 e. The molecule has 3 nitrogen and oxygen atoms in total. The van der Waals surface area contributed by atoms with Crippen LogP contribution in [0.2, 0.25) is 0 Å². The third kappa shape index (κ3) is 3.30. The van der Waals surface area contributed by atoms with Gasteiger partial charge in [0.15, 0.2) is 0 Å². The zero-order valence-electron chi connectivity index (χ0n) is 9.43. The number of benzene rings is 1. The van der Waals surface area contributed by atoms with Gasteiger partial charge in [0.05, 0.1) is 12.2 Å². The Morgan fingerprint density at radius 3 is 2.89 bits per heavy atom. The van der Waals surface area contributed by atoms with Crippen molar-refractivity contribution in [2.24, 2.45) is 0 Å². The van der Waals surface area contributed by atoms with Gasteiger partial charge in [-0.2, -0.15) is 0 Å². The van der Waals surface area contributed by atoms with Crippen LogP contribution in [0.4, 0.5) is 4.39 Å². The first-order valence-electron chi connectivity index (χ1n) is 5.34. The Labute approximate surface area is 107 Å². The summed E-state index contributed by atoms with van der Waals surface area (Å²) >= 11 is 1.62. The maximum atomic E-state index is 13.1. The van der Waals surface area contributed by atoms with Gasteiger partial charge in [-0.15, -0.1) is 11.3 Å². The van der Waals surface area contributed by atoms with Gasteiger partial charge in [0.1, 0.15) is 11.6 Å². The van der Waals surface area contributed by atoms with E-state index in [0.29, 0.717) is 6.61 Å². The van der Waals surface area contributed by atoms with E-state index in [-0.39, 0.29) is 11.3 Å². The quantitative estimate of drug-likeness (QED) is 0.904. The van der Waals surface area contributed by atoms with Gasteiger partial charge >= 0.3 is 5.97 Å². The molecule has 1 N–H and O–H groups in total. The Kier molecular flexibility index (Phi) is 3.94. The van der Waals surface area contributed by atoms with Crippen LogP contribution >= 0.6 is 11.3 Å². The van der Waals surface area contributed by atoms with E-state index < -0.39 is 11.8 Å². The SMILES string of the molecule is O=C(O)c1cc(F)cc(OCCc2cccs2)c1. The molecule has 0 saturated carbocycles. The number of ether oxygens (including phenoxy) is 1. The molecule has 1 heterocycles. The molecule has 2 rings (SSSR count). The molecule has 0 spiro atoms. The molecular formula is C13H11FO3S. The molecule has 0 saturated heterocycles. The molecule has 0 aliphatic heterocycles. The van der Waals surface area contributed by atoms with E-state index in [1.165, 1.54) is 17.0 Å². The number of aromatic carboxylic acids is 1. The molecule has 0 aliphatic carbocycles. The molecule has 0 unspecified atom stereocenters. The van der Waals surface area contributed by atoms with Gasteiger partial charge in [-0.1, -0.05) is 6.07 Å². The number of carboxylic acid groups (broad SMARTS) is 1. The minimum absolute atomic E-state index is 0.110. The van der Waals surface area contributed by atoms with E-state index in [1.807, 2.05) is 17.5 Å². The van der Waals surface area contributed by atoms with E-state index >= 15 is 0 Å². The number of hydrogen-bond donors (Lipinski definition) is 1. The number of carboxylic acids is 1. The summed E-state index contributed by atoms with van der Waals surface area (Å²) in [6.45, 7) is 0.392. The number of carbonyl (C=O) groups is 1. The number of thiophene rings is 1. The lowest BCUT2D eigenvalue weighted by Crippen LogP contribution is -2.03. The Bertz CT molecular complexity index is 537. The summed E-state index contributed by atoms with van der Waals surface area (Å²) < 4.78 is 18.5. The molecule has 94 valence electrons. The minimum atomic E-state index is -1.17. The summed E-state index contributed by atoms with van der Waals surface area (Å²) in [5, 5.41) is 10.8. The molecule has 2 aromatic rings. The summed E-state index contributed by atoms with van der Waals surface area (Å²) in [5.41, 5.74) is -0.110. The van der Waals surface area contributed by atoms with Crippen molar-refractivity contribution in [3.63, 3.8) is 0 Å². The summed E-state index contributed by atoms with van der Waals surface area (Å²) in [7, 11) is 0. The van der Waals surface area contributed by atoms with Crippen LogP contribution in [0.15, 0.2) is 35.7 Å². The van der Waals surface area contributed by atoms with Crippen molar-refractivity contribution in [2.75, 3.05) is 6.61 Å². The van der Waals surface area contributed by atoms with Crippen molar-refractivity contribution in [2.45, 2.75) is 6.42 Å². The number of hydrogen-bond acceptors (Lipinski definition) is 3. The van der Waals surface area contributed by atoms with Crippen LogP contribution < -0.4 is 4.74 Å². The molecule has 0 aliphatic rings. The first-order valence-corrected chi connectivity index (χ1v) is 6.22. The molecule has 5 heteroatoms. The second-order valence-electron chi connectivity index (χ2n) is 3.66. The number of rotatable bonds is 5. The lowest BCUT2D eigenvalue weighted by Gasteiger charge is -2.06. The minimum Gasteiger partial charge on any atom is -0.493 e. The predicted octanol–water partition coefficient (Wildman–Crippen LogP) is 3.21. The zero-order chi connectivity index (χ0) is 13.0. The van der Waals surface area contributed by atoms with Gasteiger partial charge in [-0.25, -0.2) is 9.18 Å². The van der Waals surface area contributed by atoms with E-state index in [2.05, 4.69) is 0 Å². The van der Waals surface area contributed by atoms with Gasteiger partial charge in [0.2, 0.25) is 0 Å². The fourth-order valence-electron chi connectivity index (χ4n) is 1.49. The van der Waals surface area contributed by atoms with E-state index in [4.69, 9.17) is 9.84 Å². The van der Waals surface area contributed by atoms with Gasteiger partial charge in [0.25, 0.3) is 0 Å². The molecule has 0 amide bonds. The fraction of sp³-hybridized carbons (Fsp3) is 0.154. The zero-order valence-corrected chi connectivity index (χ0v) is 10.2. The van der Waals surface area contributed by atoms with Crippen LogP contribution in [0.5, 0.6) is 5.75 Å². The Morgan fingerprint density at radius 1 is 1.39 bits per heavy atom. The standard InChI is InChI=1S/C13H11FO3S/c14-10-6-9(13(15)16)7-11(8-10)17-4-3-12-2-1-5-18-12/h1-2,5-8H,3-4H2,(H,15,16). The second kappa shape index (κ2) is 5.64. The van der Waals surface area contributed by atoms with Crippen molar-refractivity contribution in [1.82, 2.24) is 0 Å². The number of halogens is 1. The largest absolute Gasteiger partial charge is 0.493 e. The third-order valence-electron chi connectivity index (χ3n) is 2.32. The highest BCUT2D eigenvalue weighted by Crippen LogP contribution is 2.17. The molecule has 0 atom stereocenters. The van der Waals surface area contributed by atoms with Crippen molar-refractivity contribution < 1.29 is 19.0 Å². The summed E-state index contributed by atoms with van der Waals surface area (Å²) in [4.78, 5) is 11.9. The maximum Gasteiger partial charge on any atom is 0.335 e. The average Bonchev–Trinajstić information content (AvgIpc) is 2.81. The first kappa shape index (κ1) is 12.6. The van der Waals surface area contributed by atoms with Crippen molar-refractivity contribution in [3.05, 3.63) is 52.0 Å². The molecular weight excluding hydrogens is 255 g/mol. The highest BCUT2D eigenvalue weighted by atomic mass is 32.1. The Hall–Kier alpha value is -1.88. The van der Waals surface area contributed by atoms with Crippen molar-refractivity contribution >= 4 is 17.3 Å². The van der Waals surface area contributed by atoms with Gasteiger partial charge < -0.3 is 9.84 Å². The molecule has 0 bridgehead atoms. The first-order chi connectivity index (χ1) is 8.65. The molecule has 1 aromatic carbocycles. The lowest BCUT2D eigenvalue weighted by atomic mass is 10.2.